The van der Waals surface area contributed by atoms with Crippen molar-refractivity contribution in [1.82, 2.24) is 20.5 Å². The Balaban J connectivity index is 1.62. The zero-order chi connectivity index (χ0) is 27.7. The number of hydrogen-bond acceptors (Lipinski definition) is 7. The molecule has 0 spiro atoms. The number of nitrogens with two attached hydrogens (primary N) is 1. The Bertz CT molecular complexity index is 1090. The highest BCUT2D eigenvalue weighted by molar-refractivity contribution is 9.11. The van der Waals surface area contributed by atoms with E-state index in [9.17, 15) is 19.5 Å². The largest absolute Gasteiger partial charge is 0.506 e. The van der Waals surface area contributed by atoms with Crippen molar-refractivity contribution in [2.24, 2.45) is 5.73 Å². The molecule has 6 N–H and O–H groups in total. The van der Waals surface area contributed by atoms with Gasteiger partial charge in [0.2, 0.25) is 11.8 Å². The van der Waals surface area contributed by atoms with Crippen LogP contribution in [0.3, 0.4) is 0 Å². The van der Waals surface area contributed by atoms with Gasteiger partial charge in [0.25, 0.3) is 0 Å². The second kappa shape index (κ2) is 14.3. The molecule has 1 fully saturated rings. The molecule has 1 aromatic carbocycles. The highest BCUT2D eigenvalue weighted by Crippen LogP contribution is 2.33. The van der Waals surface area contributed by atoms with E-state index in [1.165, 1.54) is 0 Å². The van der Waals surface area contributed by atoms with E-state index in [0.29, 0.717) is 54.4 Å². The van der Waals surface area contributed by atoms with Gasteiger partial charge in [0.1, 0.15) is 11.8 Å². The molecule has 0 radical (unpaired) electrons. The first-order valence-electron chi connectivity index (χ1n) is 12.3. The predicted octanol–water partition coefficient (Wildman–Crippen LogP) is 2.45. The number of carbonyl (C=O) groups is 3. The number of nitrogens with zero attached hydrogens (tertiary/aromatic N) is 3. The minimum atomic E-state index is -1.10. The summed E-state index contributed by atoms with van der Waals surface area (Å²) in [7, 11) is 0. The average Bonchev–Trinajstić information content (AvgIpc) is 2.90. The summed E-state index contributed by atoms with van der Waals surface area (Å²) in [6, 6.07) is 5.55. The molecule has 3 rings (SSSR count). The van der Waals surface area contributed by atoms with Crippen LogP contribution in [0.1, 0.15) is 24.8 Å². The third-order valence-corrected chi connectivity index (χ3v) is 7.51. The van der Waals surface area contributed by atoms with Gasteiger partial charge in [-0.3, -0.25) is 14.6 Å². The molecule has 2 unspecified atom stereocenters. The molecule has 3 amide bonds. The number of aromatic hydroxyl groups is 1. The fourth-order valence-electron chi connectivity index (χ4n) is 4.25. The number of piperazine rings is 1. The number of unbranched alkanes of at least 4 members (excludes halogenated alkanes) is 1. The summed E-state index contributed by atoms with van der Waals surface area (Å²) >= 11 is 6.55. The van der Waals surface area contributed by atoms with Gasteiger partial charge in [-0.25, -0.2) is 4.79 Å². The number of nitrogens with one attached hydrogen (secondary N) is 2. The van der Waals surface area contributed by atoms with E-state index >= 15 is 0 Å². The zero-order valence-corrected chi connectivity index (χ0v) is 23.9. The number of benzene rings is 1. The number of amides is 3. The number of aromatic nitrogens is 1. The highest BCUT2D eigenvalue weighted by Gasteiger charge is 2.30. The minimum absolute atomic E-state index is 0.0545. The molecule has 1 aliphatic heterocycles. The number of carbonyl (C=O) groups excluding carboxylic acids is 2. The van der Waals surface area contributed by atoms with E-state index in [1.54, 1.807) is 29.4 Å². The molecule has 2 heterocycles. The molecule has 38 heavy (non-hydrogen) atoms. The van der Waals surface area contributed by atoms with Gasteiger partial charge in [-0.2, -0.15) is 0 Å². The van der Waals surface area contributed by atoms with E-state index in [2.05, 4.69) is 52.4 Å². The summed E-state index contributed by atoms with van der Waals surface area (Å²) in [4.78, 5) is 45.1. The third-order valence-electron chi connectivity index (χ3n) is 6.30. The molecule has 1 aromatic heterocycles. The maximum absolute atomic E-state index is 13.4. The van der Waals surface area contributed by atoms with Gasteiger partial charge >= 0.3 is 6.09 Å². The number of anilines is 1. The van der Waals surface area contributed by atoms with Gasteiger partial charge in [0, 0.05) is 50.8 Å². The van der Waals surface area contributed by atoms with Gasteiger partial charge in [0.15, 0.2) is 0 Å². The van der Waals surface area contributed by atoms with Gasteiger partial charge < -0.3 is 36.4 Å². The second-order valence-corrected chi connectivity index (χ2v) is 10.7. The molecule has 2 aromatic rings. The van der Waals surface area contributed by atoms with Gasteiger partial charge in [-0.15, -0.1) is 0 Å². The fourth-order valence-corrected chi connectivity index (χ4v) is 5.53. The van der Waals surface area contributed by atoms with Crippen LogP contribution in [-0.4, -0.2) is 82.8 Å². The van der Waals surface area contributed by atoms with E-state index in [-0.39, 0.29) is 24.6 Å². The summed E-state index contributed by atoms with van der Waals surface area (Å²) in [6.07, 6.45) is 4.00. The van der Waals surface area contributed by atoms with Crippen molar-refractivity contribution in [3.8, 4) is 5.75 Å². The van der Waals surface area contributed by atoms with Crippen molar-refractivity contribution in [3.05, 3.63) is 51.2 Å². The maximum atomic E-state index is 13.4. The molecule has 13 heteroatoms. The van der Waals surface area contributed by atoms with Crippen molar-refractivity contribution in [3.63, 3.8) is 0 Å². The normalized spacial score (nSPS) is 15.0. The molecular weight excluding hydrogens is 624 g/mol. The Kier molecular flexibility index (Phi) is 11.2. The summed E-state index contributed by atoms with van der Waals surface area (Å²) in [5, 5.41) is 23.8. The van der Waals surface area contributed by atoms with Crippen LogP contribution < -0.4 is 21.3 Å². The fraction of sp³-hybridized carbons (Fsp3) is 0.440. The molecular formula is C25H32Br2N6O5. The molecule has 206 valence electrons. The Hall–Kier alpha value is -2.90. The number of hydrogen-bond donors (Lipinski definition) is 5. The standard InChI is InChI=1S/C25H32Br2N6O5/c26-18-13-16(14-19(27)22(18)34)15-20(28)23(35)31-21(3-1-2-6-30-25(37)38)24(36)33-11-9-32(10-12-33)17-4-7-29-8-5-17/h4-5,7-8,13-14,20-21,30,34H,1-3,6,9-12,15,28H2,(H,31,35)(H,37,38). The molecule has 0 saturated carbocycles. The first kappa shape index (κ1) is 29.7. The topological polar surface area (TPSA) is 161 Å². The molecule has 1 saturated heterocycles. The number of phenols is 1. The van der Waals surface area contributed by atoms with Crippen LogP contribution in [0, 0.1) is 0 Å². The van der Waals surface area contributed by atoms with Gasteiger partial charge in [-0.1, -0.05) is 0 Å². The maximum Gasteiger partial charge on any atom is 0.404 e. The smallest absolute Gasteiger partial charge is 0.404 e. The Morgan fingerprint density at radius 2 is 1.68 bits per heavy atom. The van der Waals surface area contributed by atoms with E-state index in [0.717, 1.165) is 11.3 Å². The molecule has 1 aliphatic rings. The molecule has 2 atom stereocenters. The van der Waals surface area contributed by atoms with Crippen LogP contribution in [0.25, 0.3) is 0 Å². The molecule has 0 aliphatic carbocycles. The van der Waals surface area contributed by atoms with Crippen LogP contribution in [0.4, 0.5) is 10.5 Å². The summed E-state index contributed by atoms with van der Waals surface area (Å²) in [5.41, 5.74) is 7.97. The Morgan fingerprint density at radius 1 is 1.05 bits per heavy atom. The SMILES string of the molecule is NC(Cc1cc(Br)c(O)c(Br)c1)C(=O)NC(CCCCNC(=O)O)C(=O)N1CCN(c2ccncc2)CC1. The summed E-state index contributed by atoms with van der Waals surface area (Å²) in [6.45, 7) is 2.59. The van der Waals surface area contributed by atoms with Crippen LogP contribution >= 0.6 is 31.9 Å². The van der Waals surface area contributed by atoms with Crippen molar-refractivity contribution >= 4 is 55.5 Å². The van der Waals surface area contributed by atoms with Crippen LogP contribution in [-0.2, 0) is 16.0 Å². The number of halogens is 2. The lowest BCUT2D eigenvalue weighted by atomic mass is 10.0. The second-order valence-electron chi connectivity index (χ2n) is 9.03. The number of phenolic OH excluding ortho intramolecular Hbond substituents is 1. The van der Waals surface area contributed by atoms with Crippen molar-refractivity contribution in [2.45, 2.75) is 37.8 Å². The lowest BCUT2D eigenvalue weighted by Crippen LogP contribution is -2.57. The van der Waals surface area contributed by atoms with Crippen LogP contribution in [0.15, 0.2) is 45.6 Å². The highest BCUT2D eigenvalue weighted by atomic mass is 79.9. The first-order chi connectivity index (χ1) is 18.2. The van der Waals surface area contributed by atoms with Crippen molar-refractivity contribution in [2.75, 3.05) is 37.6 Å². The van der Waals surface area contributed by atoms with Crippen LogP contribution in [0.5, 0.6) is 5.75 Å². The number of rotatable bonds is 11. The van der Waals surface area contributed by atoms with E-state index in [4.69, 9.17) is 10.8 Å². The summed E-state index contributed by atoms with van der Waals surface area (Å²) in [5.74, 6) is -0.581. The Morgan fingerprint density at radius 3 is 2.29 bits per heavy atom. The monoisotopic (exact) mass is 654 g/mol. The average molecular weight is 656 g/mol. The quantitative estimate of drug-likeness (QED) is 0.231. The zero-order valence-electron chi connectivity index (χ0n) is 20.8. The lowest BCUT2D eigenvalue weighted by Gasteiger charge is -2.37. The van der Waals surface area contributed by atoms with E-state index < -0.39 is 24.1 Å². The Labute approximate surface area is 238 Å². The number of pyridine rings is 1. The van der Waals surface area contributed by atoms with Crippen molar-refractivity contribution in [1.29, 1.82) is 0 Å². The van der Waals surface area contributed by atoms with Crippen LogP contribution in [0.2, 0.25) is 0 Å². The van der Waals surface area contributed by atoms with Gasteiger partial charge in [-0.05, 0) is 87.4 Å². The third kappa shape index (κ3) is 8.57. The first-order valence-corrected chi connectivity index (χ1v) is 13.9. The van der Waals surface area contributed by atoms with Crippen molar-refractivity contribution < 1.29 is 24.6 Å². The predicted molar refractivity (Wildman–Crippen MR) is 150 cm³/mol. The molecule has 0 bridgehead atoms. The number of carboxylic acid groups (broad SMARTS) is 1. The van der Waals surface area contributed by atoms with E-state index in [1.807, 2.05) is 12.1 Å². The molecule has 11 nitrogen and oxygen atoms in total. The minimum Gasteiger partial charge on any atom is -0.506 e. The lowest BCUT2D eigenvalue weighted by molar-refractivity contribution is -0.137. The van der Waals surface area contributed by atoms with Gasteiger partial charge in [0.05, 0.1) is 15.0 Å². The summed E-state index contributed by atoms with van der Waals surface area (Å²) < 4.78 is 0.951.